The van der Waals surface area contributed by atoms with Crippen molar-refractivity contribution in [3.05, 3.63) is 57.6 Å². The number of nitriles is 1. The van der Waals surface area contributed by atoms with Gasteiger partial charge in [-0.05, 0) is 60.7 Å². The Hall–Kier alpha value is -3.08. The van der Waals surface area contributed by atoms with Gasteiger partial charge in [0.25, 0.3) is 0 Å². The summed E-state index contributed by atoms with van der Waals surface area (Å²) in [7, 11) is 0. The molecule has 0 saturated carbocycles. The third kappa shape index (κ3) is 6.22. The quantitative estimate of drug-likeness (QED) is 0.417. The number of anilines is 1. The zero-order chi connectivity index (χ0) is 23.3. The maximum Gasteiger partial charge on any atom is 0.234 e. The fraction of sp³-hybridized carbons (Fsp3) is 0.190. The van der Waals surface area contributed by atoms with Crippen molar-refractivity contribution in [2.75, 3.05) is 11.1 Å². The van der Waals surface area contributed by atoms with Gasteiger partial charge >= 0.3 is 0 Å². The highest BCUT2D eigenvalue weighted by molar-refractivity contribution is 7.99. The Labute approximate surface area is 198 Å². The van der Waals surface area contributed by atoms with E-state index in [4.69, 9.17) is 28.5 Å². The number of halogens is 2. The van der Waals surface area contributed by atoms with Gasteiger partial charge in [-0.2, -0.15) is 9.94 Å². The average Bonchev–Trinajstić information content (AvgIpc) is 3.21. The number of thioether (sulfide) groups is 1. The van der Waals surface area contributed by atoms with E-state index in [1.165, 1.54) is 4.68 Å². The van der Waals surface area contributed by atoms with Gasteiger partial charge < -0.3 is 10.4 Å². The Bertz CT molecular complexity index is 1270. The van der Waals surface area contributed by atoms with Crippen molar-refractivity contribution in [2.24, 2.45) is 0 Å². The van der Waals surface area contributed by atoms with Crippen LogP contribution in [0.4, 0.5) is 5.69 Å². The molecular formula is C21H16Cl2N6O2S. The van der Waals surface area contributed by atoms with Crippen LogP contribution in [0.1, 0.15) is 25.0 Å². The molecule has 0 saturated heterocycles. The van der Waals surface area contributed by atoms with Gasteiger partial charge in [-0.3, -0.25) is 4.79 Å². The van der Waals surface area contributed by atoms with Gasteiger partial charge in [0.15, 0.2) is 0 Å². The highest BCUT2D eigenvalue weighted by Gasteiger charge is 2.15. The standard InChI is InChI=1S/C21H16Cl2N6O2S/c1-21(2,31)8-7-13-4-6-17(16(23)9-13)25-19(30)12-32-20-26-27-28-29(20)18-10-14(11-24)3-5-15(18)22/h3-6,9-10,31H,12H2,1-2H3,(H,25,30). The van der Waals surface area contributed by atoms with Crippen LogP contribution in [0.15, 0.2) is 41.6 Å². The van der Waals surface area contributed by atoms with Gasteiger partial charge in [0.2, 0.25) is 11.1 Å². The third-order valence-corrected chi connectivity index (χ3v) is 5.38. The summed E-state index contributed by atoms with van der Waals surface area (Å²) in [4.78, 5) is 12.4. The van der Waals surface area contributed by atoms with Crippen molar-refractivity contribution < 1.29 is 9.90 Å². The van der Waals surface area contributed by atoms with Gasteiger partial charge in [0, 0.05) is 5.56 Å². The van der Waals surface area contributed by atoms with Crippen LogP contribution in [-0.2, 0) is 4.79 Å². The summed E-state index contributed by atoms with van der Waals surface area (Å²) in [5.74, 6) is 5.21. The van der Waals surface area contributed by atoms with Gasteiger partial charge in [0.1, 0.15) is 5.60 Å². The minimum Gasteiger partial charge on any atom is -0.378 e. The van der Waals surface area contributed by atoms with Crippen molar-refractivity contribution in [2.45, 2.75) is 24.6 Å². The average molecular weight is 487 g/mol. The van der Waals surface area contributed by atoms with Gasteiger partial charge in [-0.1, -0.05) is 46.8 Å². The zero-order valence-electron chi connectivity index (χ0n) is 16.9. The molecule has 1 aromatic heterocycles. The number of carbonyl (C=O) groups excluding carboxylic acids is 1. The molecule has 0 atom stereocenters. The molecule has 1 amide bonds. The second kappa shape index (κ2) is 10.0. The van der Waals surface area contributed by atoms with Crippen LogP contribution in [0.2, 0.25) is 10.0 Å². The van der Waals surface area contributed by atoms with Crippen LogP contribution in [-0.4, -0.2) is 42.6 Å². The lowest BCUT2D eigenvalue weighted by Crippen LogP contribution is -2.15. The molecule has 8 nitrogen and oxygen atoms in total. The molecule has 0 unspecified atom stereocenters. The Morgan fingerprint density at radius 2 is 1.97 bits per heavy atom. The van der Waals surface area contributed by atoms with E-state index in [-0.39, 0.29) is 11.7 Å². The molecule has 162 valence electrons. The first kappa shape index (κ1) is 23.6. The summed E-state index contributed by atoms with van der Waals surface area (Å²) in [6.07, 6.45) is 0. The summed E-state index contributed by atoms with van der Waals surface area (Å²) < 4.78 is 1.37. The van der Waals surface area contributed by atoms with Gasteiger partial charge in [0.05, 0.1) is 38.8 Å². The van der Waals surface area contributed by atoms with E-state index in [0.717, 1.165) is 11.8 Å². The number of hydrogen-bond donors (Lipinski definition) is 2. The molecule has 0 bridgehead atoms. The Morgan fingerprint density at radius 1 is 1.22 bits per heavy atom. The van der Waals surface area contributed by atoms with Crippen molar-refractivity contribution in [1.29, 1.82) is 5.26 Å². The minimum atomic E-state index is -1.12. The number of aliphatic hydroxyl groups is 1. The van der Waals surface area contributed by atoms with Crippen molar-refractivity contribution in [3.63, 3.8) is 0 Å². The predicted molar refractivity (Wildman–Crippen MR) is 123 cm³/mol. The van der Waals surface area contributed by atoms with E-state index in [1.54, 1.807) is 50.2 Å². The summed E-state index contributed by atoms with van der Waals surface area (Å²) in [5, 5.41) is 34.0. The molecular weight excluding hydrogens is 471 g/mol. The van der Waals surface area contributed by atoms with E-state index in [1.807, 2.05) is 6.07 Å². The summed E-state index contributed by atoms with van der Waals surface area (Å²) in [6, 6.07) is 11.7. The first-order chi connectivity index (χ1) is 15.2. The largest absolute Gasteiger partial charge is 0.378 e. The number of hydrogen-bond acceptors (Lipinski definition) is 7. The Kier molecular flexibility index (Phi) is 7.39. The second-order valence-corrected chi connectivity index (χ2v) is 8.75. The molecule has 0 aliphatic rings. The lowest BCUT2D eigenvalue weighted by molar-refractivity contribution is -0.113. The second-order valence-electron chi connectivity index (χ2n) is 6.99. The summed E-state index contributed by atoms with van der Waals surface area (Å²) >= 11 is 13.6. The fourth-order valence-corrected chi connectivity index (χ4v) is 3.51. The van der Waals surface area contributed by atoms with E-state index >= 15 is 0 Å². The molecule has 0 aliphatic carbocycles. The number of carbonyl (C=O) groups is 1. The van der Waals surface area contributed by atoms with Gasteiger partial charge in [-0.25, -0.2) is 0 Å². The Morgan fingerprint density at radius 3 is 2.66 bits per heavy atom. The number of benzene rings is 2. The summed E-state index contributed by atoms with van der Waals surface area (Å²) in [5.41, 5.74) is 0.755. The fourth-order valence-electron chi connectivity index (χ4n) is 2.40. The highest BCUT2D eigenvalue weighted by Crippen LogP contribution is 2.26. The van der Waals surface area contributed by atoms with Crippen LogP contribution in [0.5, 0.6) is 0 Å². The third-order valence-electron chi connectivity index (χ3n) is 3.83. The van der Waals surface area contributed by atoms with Crippen LogP contribution in [0.25, 0.3) is 5.69 Å². The van der Waals surface area contributed by atoms with Crippen molar-refractivity contribution >= 4 is 46.6 Å². The molecule has 0 fully saturated rings. The number of aromatic nitrogens is 4. The highest BCUT2D eigenvalue weighted by atomic mass is 35.5. The monoisotopic (exact) mass is 486 g/mol. The minimum absolute atomic E-state index is 0.00647. The molecule has 2 N–H and O–H groups in total. The number of rotatable bonds is 5. The maximum absolute atomic E-state index is 12.4. The summed E-state index contributed by atoms with van der Waals surface area (Å²) in [6.45, 7) is 3.16. The maximum atomic E-state index is 12.4. The molecule has 0 aliphatic heterocycles. The van der Waals surface area contributed by atoms with E-state index in [9.17, 15) is 9.90 Å². The number of tetrazole rings is 1. The topological polar surface area (TPSA) is 117 Å². The smallest absolute Gasteiger partial charge is 0.234 e. The van der Waals surface area contributed by atoms with Crippen molar-refractivity contribution in [1.82, 2.24) is 20.2 Å². The van der Waals surface area contributed by atoms with Gasteiger partial charge in [-0.15, -0.1) is 5.10 Å². The molecule has 0 spiro atoms. The van der Waals surface area contributed by atoms with E-state index < -0.39 is 5.60 Å². The Balaban J connectivity index is 1.68. The molecule has 2 aromatic carbocycles. The number of amides is 1. The molecule has 11 heteroatoms. The molecule has 1 heterocycles. The first-order valence-corrected chi connectivity index (χ1v) is 10.9. The van der Waals surface area contributed by atoms with Crippen LogP contribution in [0, 0.1) is 23.2 Å². The van der Waals surface area contributed by atoms with Crippen LogP contribution >= 0.6 is 35.0 Å². The first-order valence-electron chi connectivity index (χ1n) is 9.12. The van der Waals surface area contributed by atoms with E-state index in [0.29, 0.717) is 37.7 Å². The predicted octanol–water partition coefficient (Wildman–Crippen LogP) is 3.69. The van der Waals surface area contributed by atoms with E-state index in [2.05, 4.69) is 32.7 Å². The molecule has 0 radical (unpaired) electrons. The lowest BCUT2D eigenvalue weighted by atomic mass is 10.1. The number of nitrogens with one attached hydrogen (secondary N) is 1. The molecule has 32 heavy (non-hydrogen) atoms. The zero-order valence-corrected chi connectivity index (χ0v) is 19.3. The number of nitrogens with zero attached hydrogens (tertiary/aromatic N) is 5. The lowest BCUT2D eigenvalue weighted by Gasteiger charge is -2.09. The molecule has 3 aromatic rings. The van der Waals surface area contributed by atoms with Crippen LogP contribution in [0.3, 0.4) is 0 Å². The normalized spacial score (nSPS) is 10.8. The van der Waals surface area contributed by atoms with Crippen molar-refractivity contribution in [3.8, 4) is 23.6 Å². The van der Waals surface area contributed by atoms with Crippen LogP contribution < -0.4 is 5.32 Å². The SMILES string of the molecule is CC(C)(O)C#Cc1ccc(NC(=O)CSc2nnnn2-c2cc(C#N)ccc2Cl)c(Cl)c1. The molecule has 3 rings (SSSR count).